The molecule has 0 bridgehead atoms. The molecule has 2 nitrogen and oxygen atoms in total. The summed E-state index contributed by atoms with van der Waals surface area (Å²) in [6.45, 7) is 4.26. The lowest BCUT2D eigenvalue weighted by Gasteiger charge is -2.01. The third-order valence-electron chi connectivity index (χ3n) is 1.76. The number of carbonyl (C=O) groups excluding carboxylic acids is 1. The molecule has 0 unspecified atom stereocenters. The molecule has 1 aromatic carbocycles. The molecule has 0 amide bonds. The lowest BCUT2D eigenvalue weighted by Crippen LogP contribution is -1.97. The first kappa shape index (κ1) is 10.5. The van der Waals surface area contributed by atoms with Crippen LogP contribution in [0.4, 0.5) is 0 Å². The Morgan fingerprint density at radius 2 is 2.00 bits per heavy atom. The monoisotopic (exact) mass is 190 g/mol. The van der Waals surface area contributed by atoms with Gasteiger partial charge in [0, 0.05) is 11.6 Å². The van der Waals surface area contributed by atoms with E-state index < -0.39 is 0 Å². The molecule has 14 heavy (non-hydrogen) atoms. The van der Waals surface area contributed by atoms with E-state index in [1.807, 2.05) is 25.1 Å². The zero-order valence-electron chi connectivity index (χ0n) is 8.49. The van der Waals surface area contributed by atoms with Crippen molar-refractivity contribution in [2.45, 2.75) is 13.8 Å². The molecule has 0 saturated carbocycles. The predicted molar refractivity (Wildman–Crippen MR) is 56.2 cm³/mol. The van der Waals surface area contributed by atoms with E-state index in [0.29, 0.717) is 17.9 Å². The maximum Gasteiger partial charge on any atom is 0.189 e. The van der Waals surface area contributed by atoms with Gasteiger partial charge in [-0.2, -0.15) is 0 Å². The van der Waals surface area contributed by atoms with Gasteiger partial charge in [0.1, 0.15) is 0 Å². The maximum atomic E-state index is 11.6. The van der Waals surface area contributed by atoms with E-state index >= 15 is 0 Å². The van der Waals surface area contributed by atoms with Gasteiger partial charge in [0.2, 0.25) is 0 Å². The Labute approximate surface area is 84.2 Å². The van der Waals surface area contributed by atoms with Crippen molar-refractivity contribution >= 4 is 5.78 Å². The first-order valence-electron chi connectivity index (χ1n) is 4.64. The van der Waals surface area contributed by atoms with E-state index in [2.05, 4.69) is 0 Å². The highest BCUT2D eigenvalue weighted by Gasteiger charge is 2.01. The molecule has 0 spiro atoms. The molecule has 0 saturated heterocycles. The third-order valence-corrected chi connectivity index (χ3v) is 1.76. The molecule has 0 aliphatic rings. The quantitative estimate of drug-likeness (QED) is 0.414. The van der Waals surface area contributed by atoms with Gasteiger partial charge in [-0.15, -0.1) is 0 Å². The second kappa shape index (κ2) is 5.22. The second-order valence-electron chi connectivity index (χ2n) is 2.92. The topological polar surface area (TPSA) is 26.3 Å². The molecule has 0 fully saturated rings. The predicted octanol–water partition coefficient (Wildman–Crippen LogP) is 2.81. The van der Waals surface area contributed by atoms with Crippen LogP contribution in [-0.2, 0) is 4.74 Å². The highest BCUT2D eigenvalue weighted by molar-refractivity contribution is 6.04. The van der Waals surface area contributed by atoms with Crippen LogP contribution in [0, 0.1) is 0 Å². The lowest BCUT2D eigenvalue weighted by atomic mass is 10.1. The number of hydrogen-bond donors (Lipinski definition) is 0. The molecular formula is C12H14O2. The summed E-state index contributed by atoms with van der Waals surface area (Å²) in [5, 5.41) is 0. The van der Waals surface area contributed by atoms with Gasteiger partial charge in [0.05, 0.1) is 12.4 Å². The van der Waals surface area contributed by atoms with Crippen LogP contribution >= 0.6 is 0 Å². The van der Waals surface area contributed by atoms with Crippen LogP contribution in [0.2, 0.25) is 0 Å². The molecule has 2 heteroatoms. The minimum absolute atomic E-state index is 0.0171. The summed E-state index contributed by atoms with van der Waals surface area (Å²) in [5.41, 5.74) is 0.687. The van der Waals surface area contributed by atoms with E-state index in [0.717, 1.165) is 0 Å². The Bertz CT molecular complexity index is 325. The van der Waals surface area contributed by atoms with Gasteiger partial charge >= 0.3 is 0 Å². The van der Waals surface area contributed by atoms with Crippen molar-refractivity contribution in [2.24, 2.45) is 0 Å². The zero-order valence-corrected chi connectivity index (χ0v) is 8.49. The molecule has 0 aromatic heterocycles. The van der Waals surface area contributed by atoms with E-state index in [4.69, 9.17) is 4.74 Å². The van der Waals surface area contributed by atoms with Crippen LogP contribution in [0.15, 0.2) is 42.2 Å². The third kappa shape index (κ3) is 3.05. The Hall–Kier alpha value is -1.57. The van der Waals surface area contributed by atoms with E-state index in [1.54, 1.807) is 19.1 Å². The largest absolute Gasteiger partial charge is 0.498 e. The van der Waals surface area contributed by atoms with Gasteiger partial charge in [0.25, 0.3) is 0 Å². The number of ketones is 1. The van der Waals surface area contributed by atoms with E-state index in [1.165, 1.54) is 6.08 Å². The number of rotatable bonds is 4. The van der Waals surface area contributed by atoms with Crippen LogP contribution in [0.1, 0.15) is 24.2 Å². The van der Waals surface area contributed by atoms with Crippen molar-refractivity contribution in [2.75, 3.05) is 6.61 Å². The minimum Gasteiger partial charge on any atom is -0.498 e. The summed E-state index contributed by atoms with van der Waals surface area (Å²) in [6, 6.07) is 9.15. The SMILES string of the molecule is CCOC(C)=CC(=O)c1ccccc1. The van der Waals surface area contributed by atoms with Crippen molar-refractivity contribution in [3.05, 3.63) is 47.7 Å². The van der Waals surface area contributed by atoms with Crippen LogP contribution < -0.4 is 0 Å². The second-order valence-corrected chi connectivity index (χ2v) is 2.92. The van der Waals surface area contributed by atoms with Crippen LogP contribution in [0.3, 0.4) is 0 Å². The summed E-state index contributed by atoms with van der Waals surface area (Å²) in [7, 11) is 0. The van der Waals surface area contributed by atoms with Gasteiger partial charge in [-0.3, -0.25) is 4.79 Å². The number of ether oxygens (including phenoxy) is 1. The highest BCUT2D eigenvalue weighted by atomic mass is 16.5. The summed E-state index contributed by atoms with van der Waals surface area (Å²) >= 11 is 0. The zero-order chi connectivity index (χ0) is 10.4. The standard InChI is InChI=1S/C12H14O2/c1-3-14-10(2)9-12(13)11-7-5-4-6-8-11/h4-9H,3H2,1-2H3. The fourth-order valence-corrected chi connectivity index (χ4v) is 1.14. The normalized spacial score (nSPS) is 11.1. The Kier molecular flexibility index (Phi) is 3.92. The first-order valence-corrected chi connectivity index (χ1v) is 4.64. The van der Waals surface area contributed by atoms with Crippen LogP contribution in [-0.4, -0.2) is 12.4 Å². The Morgan fingerprint density at radius 1 is 1.36 bits per heavy atom. The average Bonchev–Trinajstić information content (AvgIpc) is 2.19. The molecule has 0 N–H and O–H groups in total. The summed E-state index contributed by atoms with van der Waals surface area (Å²) in [6.07, 6.45) is 1.51. The molecule has 0 heterocycles. The molecule has 1 rings (SSSR count). The van der Waals surface area contributed by atoms with Gasteiger partial charge in [-0.25, -0.2) is 0 Å². The molecule has 1 aromatic rings. The number of hydrogen-bond acceptors (Lipinski definition) is 2. The number of allylic oxidation sites excluding steroid dienone is 2. The minimum atomic E-state index is -0.0171. The average molecular weight is 190 g/mol. The van der Waals surface area contributed by atoms with Gasteiger partial charge in [0.15, 0.2) is 5.78 Å². The maximum absolute atomic E-state index is 11.6. The number of benzene rings is 1. The summed E-state index contributed by atoms with van der Waals surface area (Å²) in [5.74, 6) is 0.637. The van der Waals surface area contributed by atoms with Crippen molar-refractivity contribution in [3.8, 4) is 0 Å². The van der Waals surface area contributed by atoms with E-state index in [9.17, 15) is 4.79 Å². The van der Waals surface area contributed by atoms with Gasteiger partial charge < -0.3 is 4.74 Å². The Morgan fingerprint density at radius 3 is 2.57 bits per heavy atom. The van der Waals surface area contributed by atoms with Crippen LogP contribution in [0.25, 0.3) is 0 Å². The fraction of sp³-hybridized carbons (Fsp3) is 0.250. The highest BCUT2D eigenvalue weighted by Crippen LogP contribution is 2.04. The fourth-order valence-electron chi connectivity index (χ4n) is 1.14. The summed E-state index contributed by atoms with van der Waals surface area (Å²) < 4.78 is 5.17. The first-order chi connectivity index (χ1) is 6.74. The van der Waals surface area contributed by atoms with Crippen molar-refractivity contribution in [3.63, 3.8) is 0 Å². The van der Waals surface area contributed by atoms with Crippen molar-refractivity contribution < 1.29 is 9.53 Å². The molecule has 0 aliphatic heterocycles. The van der Waals surface area contributed by atoms with Gasteiger partial charge in [-0.1, -0.05) is 30.3 Å². The molecule has 0 radical (unpaired) electrons. The van der Waals surface area contributed by atoms with Crippen molar-refractivity contribution in [1.82, 2.24) is 0 Å². The van der Waals surface area contributed by atoms with Crippen molar-refractivity contribution in [1.29, 1.82) is 0 Å². The Balaban J connectivity index is 2.72. The smallest absolute Gasteiger partial charge is 0.189 e. The number of carbonyl (C=O) groups is 1. The molecule has 0 atom stereocenters. The summed E-state index contributed by atoms with van der Waals surface area (Å²) in [4.78, 5) is 11.6. The van der Waals surface area contributed by atoms with Crippen LogP contribution in [0.5, 0.6) is 0 Å². The molecule has 0 aliphatic carbocycles. The lowest BCUT2D eigenvalue weighted by molar-refractivity contribution is 0.103. The van der Waals surface area contributed by atoms with E-state index in [-0.39, 0.29) is 5.78 Å². The molecule has 74 valence electrons. The van der Waals surface area contributed by atoms with Gasteiger partial charge in [-0.05, 0) is 13.8 Å². The molecular weight excluding hydrogens is 176 g/mol.